The number of benzene rings is 1. The fourth-order valence-electron chi connectivity index (χ4n) is 1.70. The van der Waals surface area contributed by atoms with E-state index in [1.54, 1.807) is 0 Å². The molecular weight excluding hydrogens is 266 g/mol. The van der Waals surface area contributed by atoms with Crippen molar-refractivity contribution < 1.29 is 19.6 Å². The van der Waals surface area contributed by atoms with Gasteiger partial charge in [-0.05, 0) is 25.0 Å². The predicted molar refractivity (Wildman–Crippen MR) is 71.6 cm³/mol. The minimum Gasteiger partial charge on any atom is -0.477 e. The number of nitrogens with two attached hydrogens (primary N) is 1. The number of nitrogens with one attached hydrogen (secondary N) is 1. The third kappa shape index (κ3) is 4.23. The highest BCUT2D eigenvalue weighted by molar-refractivity contribution is 5.95. The molecule has 0 radical (unpaired) electrons. The number of carboxylic acids is 1. The molecule has 0 fully saturated rings. The van der Waals surface area contributed by atoms with Crippen LogP contribution in [0.1, 0.15) is 29.6 Å². The van der Waals surface area contributed by atoms with Crippen LogP contribution in [0.2, 0.25) is 0 Å². The highest BCUT2D eigenvalue weighted by atomic mass is 16.6. The second-order valence-electron chi connectivity index (χ2n) is 4.11. The third-order valence-electron chi connectivity index (χ3n) is 2.61. The number of para-hydroxylation sites is 1. The molecule has 20 heavy (non-hydrogen) atoms. The summed E-state index contributed by atoms with van der Waals surface area (Å²) in [5.41, 5.74) is 4.31. The standard InChI is InChI=1S/C12H15N3O5/c13-10(16)6-1-2-7-14-9-5-3-4-8(12(17)18)11(9)15(19)20/h3-5,14H,1-2,6-7H2,(H2,13,16)(H,17,18). The van der Waals surface area contributed by atoms with E-state index in [1.807, 2.05) is 0 Å². The number of carbonyl (C=O) groups is 2. The summed E-state index contributed by atoms with van der Waals surface area (Å²) < 4.78 is 0. The first-order valence-corrected chi connectivity index (χ1v) is 5.96. The zero-order valence-electron chi connectivity index (χ0n) is 10.7. The molecule has 0 aliphatic heterocycles. The van der Waals surface area contributed by atoms with Gasteiger partial charge in [-0.1, -0.05) is 6.07 Å². The highest BCUT2D eigenvalue weighted by Crippen LogP contribution is 2.28. The molecule has 0 aliphatic rings. The fraction of sp³-hybridized carbons (Fsp3) is 0.333. The molecule has 0 saturated carbocycles. The molecule has 0 bridgehead atoms. The molecule has 8 nitrogen and oxygen atoms in total. The van der Waals surface area contributed by atoms with Gasteiger partial charge in [0.1, 0.15) is 11.3 Å². The Morgan fingerprint density at radius 1 is 1.35 bits per heavy atom. The van der Waals surface area contributed by atoms with E-state index < -0.39 is 22.5 Å². The number of unbranched alkanes of at least 4 members (excludes halogenated alkanes) is 1. The number of nitro benzene ring substituents is 1. The first-order valence-electron chi connectivity index (χ1n) is 5.96. The van der Waals surface area contributed by atoms with Gasteiger partial charge in [0.2, 0.25) is 5.91 Å². The summed E-state index contributed by atoms with van der Waals surface area (Å²) in [5, 5.41) is 22.7. The van der Waals surface area contributed by atoms with Gasteiger partial charge in [-0.2, -0.15) is 0 Å². The van der Waals surface area contributed by atoms with Gasteiger partial charge in [0.05, 0.1) is 4.92 Å². The Labute approximate surface area is 114 Å². The lowest BCUT2D eigenvalue weighted by Crippen LogP contribution is -2.11. The molecular formula is C12H15N3O5. The Kier molecular flexibility index (Phi) is 5.45. The maximum Gasteiger partial charge on any atom is 0.342 e. The van der Waals surface area contributed by atoms with Gasteiger partial charge >= 0.3 is 11.7 Å². The smallest absolute Gasteiger partial charge is 0.342 e. The van der Waals surface area contributed by atoms with E-state index in [1.165, 1.54) is 18.2 Å². The molecule has 8 heteroatoms. The molecule has 0 atom stereocenters. The number of hydrogen-bond donors (Lipinski definition) is 3. The summed E-state index contributed by atoms with van der Waals surface area (Å²) in [4.78, 5) is 31.7. The molecule has 1 aromatic carbocycles. The van der Waals surface area contributed by atoms with Crippen molar-refractivity contribution in [1.82, 2.24) is 0 Å². The number of carboxylic acid groups (broad SMARTS) is 1. The van der Waals surface area contributed by atoms with Gasteiger partial charge in [0.25, 0.3) is 0 Å². The number of amides is 1. The molecule has 0 aromatic heterocycles. The Morgan fingerprint density at radius 2 is 2.05 bits per heavy atom. The maximum absolute atomic E-state index is 11.0. The van der Waals surface area contributed by atoms with E-state index >= 15 is 0 Å². The predicted octanol–water partition coefficient (Wildman–Crippen LogP) is 1.36. The number of rotatable bonds is 8. The van der Waals surface area contributed by atoms with E-state index in [-0.39, 0.29) is 17.7 Å². The normalized spacial score (nSPS) is 10.0. The quantitative estimate of drug-likeness (QED) is 0.374. The minimum atomic E-state index is -1.35. The fourth-order valence-corrected chi connectivity index (χ4v) is 1.70. The summed E-state index contributed by atoms with van der Waals surface area (Å²) in [6.45, 7) is 0.386. The van der Waals surface area contributed by atoms with E-state index in [0.717, 1.165) is 0 Å². The molecule has 108 valence electrons. The molecule has 0 aliphatic carbocycles. The van der Waals surface area contributed by atoms with Crippen LogP contribution in [0.15, 0.2) is 18.2 Å². The van der Waals surface area contributed by atoms with Crippen LogP contribution in [-0.4, -0.2) is 28.5 Å². The third-order valence-corrected chi connectivity index (χ3v) is 2.61. The van der Waals surface area contributed by atoms with Crippen LogP contribution in [0.4, 0.5) is 11.4 Å². The van der Waals surface area contributed by atoms with Crippen molar-refractivity contribution in [3.8, 4) is 0 Å². The van der Waals surface area contributed by atoms with Crippen LogP contribution < -0.4 is 11.1 Å². The molecule has 0 spiro atoms. The Hall–Kier alpha value is -2.64. The summed E-state index contributed by atoms with van der Waals surface area (Å²) in [6, 6.07) is 4.06. The second kappa shape index (κ2) is 7.07. The van der Waals surface area contributed by atoms with Gasteiger partial charge in [0.15, 0.2) is 0 Å². The number of anilines is 1. The molecule has 1 amide bonds. The first kappa shape index (κ1) is 15.4. The highest BCUT2D eigenvalue weighted by Gasteiger charge is 2.23. The Balaban J connectivity index is 2.74. The van der Waals surface area contributed by atoms with Crippen LogP contribution in [0, 0.1) is 10.1 Å². The van der Waals surface area contributed by atoms with Gasteiger partial charge in [-0.25, -0.2) is 4.79 Å². The van der Waals surface area contributed by atoms with E-state index in [2.05, 4.69) is 5.32 Å². The lowest BCUT2D eigenvalue weighted by molar-refractivity contribution is -0.384. The van der Waals surface area contributed by atoms with Crippen molar-refractivity contribution in [2.45, 2.75) is 19.3 Å². The average Bonchev–Trinajstić information content (AvgIpc) is 2.37. The molecule has 4 N–H and O–H groups in total. The number of aromatic carboxylic acids is 1. The Bertz CT molecular complexity index is 530. The minimum absolute atomic E-state index is 0.147. The first-order chi connectivity index (χ1) is 9.43. The van der Waals surface area contributed by atoms with Crippen LogP contribution >= 0.6 is 0 Å². The summed E-state index contributed by atoms with van der Waals surface area (Å²) in [7, 11) is 0. The van der Waals surface area contributed by atoms with Crippen LogP contribution in [-0.2, 0) is 4.79 Å². The summed E-state index contributed by atoms with van der Waals surface area (Å²) in [5.74, 6) is -1.75. The zero-order valence-corrected chi connectivity index (χ0v) is 10.7. The maximum atomic E-state index is 11.0. The Morgan fingerprint density at radius 3 is 2.60 bits per heavy atom. The summed E-state index contributed by atoms with van der Waals surface area (Å²) >= 11 is 0. The van der Waals surface area contributed by atoms with Gasteiger partial charge < -0.3 is 16.2 Å². The lowest BCUT2D eigenvalue weighted by Gasteiger charge is -2.08. The lowest BCUT2D eigenvalue weighted by atomic mass is 10.1. The topological polar surface area (TPSA) is 136 Å². The molecule has 0 heterocycles. The van der Waals surface area contributed by atoms with E-state index in [0.29, 0.717) is 19.4 Å². The zero-order chi connectivity index (χ0) is 15.1. The SMILES string of the molecule is NC(=O)CCCCNc1cccc(C(=O)O)c1[N+](=O)[O-]. The summed E-state index contributed by atoms with van der Waals surface area (Å²) in [6.07, 6.45) is 1.41. The van der Waals surface area contributed by atoms with E-state index in [4.69, 9.17) is 10.8 Å². The molecule has 1 rings (SSSR count). The average molecular weight is 281 g/mol. The van der Waals surface area contributed by atoms with Gasteiger partial charge in [-0.15, -0.1) is 0 Å². The number of nitrogens with zero attached hydrogens (tertiary/aromatic N) is 1. The largest absolute Gasteiger partial charge is 0.477 e. The van der Waals surface area contributed by atoms with Gasteiger partial charge in [-0.3, -0.25) is 14.9 Å². The van der Waals surface area contributed by atoms with Crippen molar-refractivity contribution in [3.63, 3.8) is 0 Å². The monoisotopic (exact) mass is 281 g/mol. The van der Waals surface area contributed by atoms with Crippen molar-refractivity contribution >= 4 is 23.3 Å². The number of hydrogen-bond acceptors (Lipinski definition) is 5. The van der Waals surface area contributed by atoms with E-state index in [9.17, 15) is 19.7 Å². The number of primary amides is 1. The van der Waals surface area contributed by atoms with Crippen molar-refractivity contribution in [2.24, 2.45) is 5.73 Å². The van der Waals surface area contributed by atoms with Gasteiger partial charge in [0, 0.05) is 13.0 Å². The number of carbonyl (C=O) groups excluding carboxylic acids is 1. The van der Waals surface area contributed by atoms with Crippen LogP contribution in [0.5, 0.6) is 0 Å². The number of nitro groups is 1. The second-order valence-corrected chi connectivity index (χ2v) is 4.11. The molecule has 0 unspecified atom stereocenters. The van der Waals surface area contributed by atoms with Crippen molar-refractivity contribution in [2.75, 3.05) is 11.9 Å². The van der Waals surface area contributed by atoms with Crippen molar-refractivity contribution in [1.29, 1.82) is 0 Å². The molecule has 0 saturated heterocycles. The van der Waals surface area contributed by atoms with Crippen molar-refractivity contribution in [3.05, 3.63) is 33.9 Å². The van der Waals surface area contributed by atoms with Crippen LogP contribution in [0.25, 0.3) is 0 Å². The van der Waals surface area contributed by atoms with Crippen LogP contribution in [0.3, 0.4) is 0 Å². The molecule has 1 aromatic rings.